The molecule has 6 heteroatoms. The van der Waals surface area contributed by atoms with Gasteiger partial charge in [-0.2, -0.15) is 0 Å². The Morgan fingerprint density at radius 3 is 2.12 bits per heavy atom. The molecule has 0 spiro atoms. The van der Waals surface area contributed by atoms with E-state index >= 15 is 0 Å². The molecule has 0 aliphatic carbocycles. The first kappa shape index (κ1) is 17.2. The van der Waals surface area contributed by atoms with Crippen LogP contribution < -0.4 is 10.5 Å². The Hall–Kier alpha value is -3.15. The number of carbonyl (C=O) groups excluding carboxylic acids is 3. The van der Waals surface area contributed by atoms with Gasteiger partial charge >= 0.3 is 0 Å². The Bertz CT molecular complexity index is 726. The molecule has 2 N–H and O–H groups in total. The number of likely N-dealkylation sites (N-methyl/N-ethyl adjacent to an activating group) is 1. The van der Waals surface area contributed by atoms with Crippen LogP contribution in [0.15, 0.2) is 54.6 Å². The highest BCUT2D eigenvalue weighted by molar-refractivity contribution is 6.08. The van der Waals surface area contributed by atoms with Gasteiger partial charge in [-0.1, -0.05) is 30.3 Å². The summed E-state index contributed by atoms with van der Waals surface area (Å²) in [6, 6.07) is 15.5. The number of nitrogens with two attached hydrogens (primary N) is 1. The average molecular weight is 326 g/mol. The van der Waals surface area contributed by atoms with Crippen molar-refractivity contribution >= 4 is 17.6 Å². The van der Waals surface area contributed by atoms with Crippen molar-refractivity contribution < 1.29 is 19.1 Å². The molecule has 0 saturated heterocycles. The summed E-state index contributed by atoms with van der Waals surface area (Å²) in [4.78, 5) is 36.0. The quantitative estimate of drug-likeness (QED) is 0.775. The summed E-state index contributed by atoms with van der Waals surface area (Å²) >= 11 is 0. The normalized spacial score (nSPS) is 10.0. The van der Waals surface area contributed by atoms with Gasteiger partial charge in [0.2, 0.25) is 5.91 Å². The number of nitrogens with zero attached hydrogens (tertiary/aromatic N) is 1. The van der Waals surface area contributed by atoms with Gasteiger partial charge in [-0.3, -0.25) is 14.4 Å². The summed E-state index contributed by atoms with van der Waals surface area (Å²) in [5, 5.41) is 0. The minimum Gasteiger partial charge on any atom is -0.484 e. The maximum atomic E-state index is 12.3. The van der Waals surface area contributed by atoms with Crippen LogP contribution in [0.25, 0.3) is 0 Å². The van der Waals surface area contributed by atoms with Crippen LogP contribution in [-0.2, 0) is 9.59 Å². The number of primary amides is 1. The summed E-state index contributed by atoms with van der Waals surface area (Å²) in [5.74, 6) is -0.576. The molecule has 2 amide bonds. The van der Waals surface area contributed by atoms with Crippen LogP contribution in [0.4, 0.5) is 0 Å². The topological polar surface area (TPSA) is 89.7 Å². The third-order valence-corrected chi connectivity index (χ3v) is 3.33. The zero-order chi connectivity index (χ0) is 17.5. The first-order valence-electron chi connectivity index (χ1n) is 7.32. The van der Waals surface area contributed by atoms with E-state index in [0.29, 0.717) is 16.9 Å². The van der Waals surface area contributed by atoms with E-state index in [2.05, 4.69) is 0 Å². The van der Waals surface area contributed by atoms with E-state index < -0.39 is 5.91 Å². The number of ether oxygens (including phenoxy) is 1. The van der Waals surface area contributed by atoms with Gasteiger partial charge in [-0.25, -0.2) is 0 Å². The van der Waals surface area contributed by atoms with Gasteiger partial charge in [0.15, 0.2) is 12.4 Å². The zero-order valence-corrected chi connectivity index (χ0v) is 13.3. The fraction of sp³-hybridized carbons (Fsp3) is 0.167. The minimum atomic E-state index is -0.588. The molecular formula is C18H18N2O4. The highest BCUT2D eigenvalue weighted by atomic mass is 16.5. The van der Waals surface area contributed by atoms with E-state index in [1.165, 1.54) is 11.9 Å². The van der Waals surface area contributed by atoms with Gasteiger partial charge in [-0.15, -0.1) is 0 Å². The molecule has 2 aromatic carbocycles. The molecule has 0 atom stereocenters. The Morgan fingerprint density at radius 2 is 1.54 bits per heavy atom. The van der Waals surface area contributed by atoms with E-state index in [-0.39, 0.29) is 24.8 Å². The number of ketones is 1. The summed E-state index contributed by atoms with van der Waals surface area (Å²) in [5.41, 5.74) is 6.16. The number of hydrogen-bond donors (Lipinski definition) is 1. The molecule has 2 aromatic rings. The van der Waals surface area contributed by atoms with Crippen molar-refractivity contribution in [1.82, 2.24) is 4.90 Å². The van der Waals surface area contributed by atoms with Gasteiger partial charge in [-0.05, 0) is 24.3 Å². The van der Waals surface area contributed by atoms with Crippen molar-refractivity contribution in [3.63, 3.8) is 0 Å². The van der Waals surface area contributed by atoms with E-state index in [9.17, 15) is 14.4 Å². The molecule has 0 bridgehead atoms. The van der Waals surface area contributed by atoms with Crippen molar-refractivity contribution in [1.29, 1.82) is 0 Å². The van der Waals surface area contributed by atoms with Crippen molar-refractivity contribution in [2.24, 2.45) is 5.73 Å². The highest BCUT2D eigenvalue weighted by Gasteiger charge is 2.12. The maximum Gasteiger partial charge on any atom is 0.260 e. The Balaban J connectivity index is 1.94. The van der Waals surface area contributed by atoms with Gasteiger partial charge in [0.05, 0.1) is 6.54 Å². The van der Waals surface area contributed by atoms with E-state index in [4.69, 9.17) is 10.5 Å². The second-order valence-electron chi connectivity index (χ2n) is 5.22. The molecule has 0 aromatic heterocycles. The molecule has 0 radical (unpaired) electrons. The van der Waals surface area contributed by atoms with Crippen LogP contribution in [0.5, 0.6) is 5.75 Å². The fourth-order valence-corrected chi connectivity index (χ4v) is 2.04. The summed E-state index contributed by atoms with van der Waals surface area (Å²) in [6.07, 6.45) is 0. The lowest BCUT2D eigenvalue weighted by Gasteiger charge is -2.15. The third kappa shape index (κ3) is 4.67. The molecule has 0 aliphatic heterocycles. The first-order valence-corrected chi connectivity index (χ1v) is 7.32. The van der Waals surface area contributed by atoms with E-state index in [0.717, 1.165) is 0 Å². The molecule has 24 heavy (non-hydrogen) atoms. The van der Waals surface area contributed by atoms with Crippen LogP contribution in [0.3, 0.4) is 0 Å². The number of amides is 2. The van der Waals surface area contributed by atoms with Crippen molar-refractivity contribution in [3.8, 4) is 5.75 Å². The molecule has 124 valence electrons. The smallest absolute Gasteiger partial charge is 0.260 e. The maximum absolute atomic E-state index is 12.3. The Morgan fingerprint density at radius 1 is 0.958 bits per heavy atom. The molecular weight excluding hydrogens is 308 g/mol. The SMILES string of the molecule is CN(CC(N)=O)C(=O)COc1ccc(C(=O)c2ccccc2)cc1. The minimum absolute atomic E-state index is 0.0839. The lowest BCUT2D eigenvalue weighted by Crippen LogP contribution is -2.38. The molecule has 0 saturated carbocycles. The predicted molar refractivity (Wildman–Crippen MR) is 88.6 cm³/mol. The number of hydrogen-bond acceptors (Lipinski definition) is 4. The number of carbonyl (C=O) groups is 3. The van der Waals surface area contributed by atoms with Crippen LogP contribution in [-0.4, -0.2) is 42.7 Å². The fourth-order valence-electron chi connectivity index (χ4n) is 2.04. The molecule has 0 aliphatic rings. The van der Waals surface area contributed by atoms with Gasteiger partial charge in [0.25, 0.3) is 5.91 Å². The predicted octanol–water partition coefficient (Wildman–Crippen LogP) is 1.24. The lowest BCUT2D eigenvalue weighted by molar-refractivity contribution is -0.135. The number of benzene rings is 2. The summed E-state index contributed by atoms with van der Waals surface area (Å²) < 4.78 is 5.36. The standard InChI is InChI=1S/C18H18N2O4/c1-20(11-16(19)21)17(22)12-24-15-9-7-14(8-10-15)18(23)13-5-3-2-4-6-13/h2-10H,11-12H2,1H3,(H2,19,21). The van der Waals surface area contributed by atoms with Gasteiger partial charge < -0.3 is 15.4 Å². The van der Waals surface area contributed by atoms with Crippen molar-refractivity contribution in [3.05, 3.63) is 65.7 Å². The van der Waals surface area contributed by atoms with Crippen LogP contribution in [0.2, 0.25) is 0 Å². The molecule has 2 rings (SSSR count). The zero-order valence-electron chi connectivity index (χ0n) is 13.3. The summed E-state index contributed by atoms with van der Waals surface area (Å²) in [7, 11) is 1.47. The third-order valence-electron chi connectivity index (χ3n) is 3.33. The van der Waals surface area contributed by atoms with Crippen LogP contribution in [0, 0.1) is 0 Å². The highest BCUT2D eigenvalue weighted by Crippen LogP contribution is 2.15. The van der Waals surface area contributed by atoms with Crippen molar-refractivity contribution in [2.45, 2.75) is 0 Å². The second-order valence-corrected chi connectivity index (χ2v) is 5.22. The van der Waals surface area contributed by atoms with E-state index in [1.54, 1.807) is 48.5 Å². The largest absolute Gasteiger partial charge is 0.484 e. The second kappa shape index (κ2) is 7.92. The molecule has 0 fully saturated rings. The molecule has 0 heterocycles. The monoisotopic (exact) mass is 326 g/mol. The van der Waals surface area contributed by atoms with Crippen LogP contribution >= 0.6 is 0 Å². The molecule has 0 unspecified atom stereocenters. The average Bonchev–Trinajstić information content (AvgIpc) is 2.59. The van der Waals surface area contributed by atoms with Crippen LogP contribution in [0.1, 0.15) is 15.9 Å². The first-order chi connectivity index (χ1) is 11.5. The Labute approximate surface area is 139 Å². The molecule has 6 nitrogen and oxygen atoms in total. The van der Waals surface area contributed by atoms with Crippen molar-refractivity contribution in [2.75, 3.05) is 20.2 Å². The van der Waals surface area contributed by atoms with Gasteiger partial charge in [0.1, 0.15) is 5.75 Å². The lowest BCUT2D eigenvalue weighted by atomic mass is 10.0. The van der Waals surface area contributed by atoms with Gasteiger partial charge in [0, 0.05) is 18.2 Å². The Kier molecular flexibility index (Phi) is 5.68. The summed E-state index contributed by atoms with van der Waals surface area (Å²) in [6.45, 7) is -0.373. The van der Waals surface area contributed by atoms with E-state index in [1.807, 2.05) is 6.07 Å². The number of rotatable bonds is 7.